The summed E-state index contributed by atoms with van der Waals surface area (Å²) in [5.41, 5.74) is 2.48. The molecular formula is C24H31N5O4. The predicted molar refractivity (Wildman–Crippen MR) is 123 cm³/mol. The first kappa shape index (κ1) is 22.8. The number of ether oxygens (including phenoxy) is 2. The maximum absolute atomic E-state index is 12.6. The van der Waals surface area contributed by atoms with Gasteiger partial charge in [0.15, 0.2) is 0 Å². The van der Waals surface area contributed by atoms with Gasteiger partial charge in [-0.1, -0.05) is 6.07 Å². The molecule has 2 N–H and O–H groups in total. The van der Waals surface area contributed by atoms with E-state index in [1.807, 2.05) is 66.7 Å². The number of hydrogen-bond acceptors (Lipinski definition) is 5. The second-order valence-electron chi connectivity index (χ2n) is 9.24. The molecule has 0 bridgehead atoms. The summed E-state index contributed by atoms with van der Waals surface area (Å²) in [6.45, 7) is 6.90. The van der Waals surface area contributed by atoms with Crippen LogP contribution in [-0.2, 0) is 22.6 Å². The van der Waals surface area contributed by atoms with Gasteiger partial charge < -0.3 is 29.1 Å². The third-order valence-electron chi connectivity index (χ3n) is 5.29. The molecule has 0 aromatic carbocycles. The van der Waals surface area contributed by atoms with Gasteiger partial charge in [-0.15, -0.1) is 0 Å². The molecule has 33 heavy (non-hydrogen) atoms. The summed E-state index contributed by atoms with van der Waals surface area (Å²) >= 11 is 0. The lowest BCUT2D eigenvalue weighted by Gasteiger charge is -2.23. The Balaban J connectivity index is 1.32. The molecule has 3 aromatic rings. The molecule has 9 nitrogen and oxygen atoms in total. The van der Waals surface area contributed by atoms with Crippen LogP contribution < -0.4 is 10.6 Å². The highest BCUT2D eigenvalue weighted by Gasteiger charge is 2.18. The Morgan fingerprint density at radius 1 is 1.12 bits per heavy atom. The van der Waals surface area contributed by atoms with Gasteiger partial charge in [-0.2, -0.15) is 0 Å². The summed E-state index contributed by atoms with van der Waals surface area (Å²) in [7, 11) is 0. The van der Waals surface area contributed by atoms with Crippen molar-refractivity contribution in [2.45, 2.75) is 65.0 Å². The predicted octanol–water partition coefficient (Wildman–Crippen LogP) is 3.79. The number of nitrogens with one attached hydrogen (secondary N) is 2. The molecule has 1 unspecified atom stereocenters. The van der Waals surface area contributed by atoms with Crippen LogP contribution in [0.5, 0.6) is 0 Å². The van der Waals surface area contributed by atoms with Crippen molar-refractivity contribution in [1.82, 2.24) is 24.6 Å². The summed E-state index contributed by atoms with van der Waals surface area (Å²) < 4.78 is 14.9. The van der Waals surface area contributed by atoms with Crippen molar-refractivity contribution in [2.75, 3.05) is 6.61 Å². The van der Waals surface area contributed by atoms with Crippen LogP contribution in [0.25, 0.3) is 5.65 Å². The second kappa shape index (κ2) is 9.66. The van der Waals surface area contributed by atoms with Crippen molar-refractivity contribution in [2.24, 2.45) is 0 Å². The molecule has 2 amide bonds. The first-order valence-electron chi connectivity index (χ1n) is 11.3. The lowest BCUT2D eigenvalue weighted by molar-refractivity contribution is -0.0317. The van der Waals surface area contributed by atoms with E-state index in [1.54, 1.807) is 6.07 Å². The number of hydrogen-bond donors (Lipinski definition) is 2. The number of nitrogens with zero attached hydrogens (tertiary/aromatic N) is 3. The molecule has 176 valence electrons. The molecule has 0 spiro atoms. The Morgan fingerprint density at radius 3 is 2.73 bits per heavy atom. The van der Waals surface area contributed by atoms with Gasteiger partial charge >= 0.3 is 6.09 Å². The van der Waals surface area contributed by atoms with E-state index in [0.717, 1.165) is 42.8 Å². The maximum Gasteiger partial charge on any atom is 0.407 e. The highest BCUT2D eigenvalue weighted by atomic mass is 16.6. The first-order valence-corrected chi connectivity index (χ1v) is 11.3. The van der Waals surface area contributed by atoms with Gasteiger partial charge in [0.25, 0.3) is 5.91 Å². The highest BCUT2D eigenvalue weighted by Crippen LogP contribution is 2.23. The molecule has 1 aliphatic heterocycles. The summed E-state index contributed by atoms with van der Waals surface area (Å²) in [6.07, 6.45) is 10.2. The van der Waals surface area contributed by atoms with Crippen LogP contribution in [0, 0.1) is 0 Å². The largest absolute Gasteiger partial charge is 0.444 e. The van der Waals surface area contributed by atoms with Crippen molar-refractivity contribution in [3.63, 3.8) is 0 Å². The van der Waals surface area contributed by atoms with Crippen LogP contribution >= 0.6 is 0 Å². The first-order chi connectivity index (χ1) is 15.8. The second-order valence-corrected chi connectivity index (χ2v) is 9.24. The Morgan fingerprint density at radius 2 is 1.97 bits per heavy atom. The molecular weight excluding hydrogens is 422 g/mol. The Hall–Kier alpha value is -3.33. The van der Waals surface area contributed by atoms with E-state index < -0.39 is 11.7 Å². The minimum atomic E-state index is -0.538. The number of rotatable bonds is 6. The normalized spacial score (nSPS) is 16.5. The van der Waals surface area contributed by atoms with Gasteiger partial charge in [0.05, 0.1) is 17.8 Å². The van der Waals surface area contributed by atoms with Crippen LogP contribution in [0.4, 0.5) is 4.79 Å². The number of carbonyl (C=O) groups excluding carboxylic acids is 2. The monoisotopic (exact) mass is 453 g/mol. The average Bonchev–Trinajstić information content (AvgIpc) is 3.42. The average molecular weight is 454 g/mol. The summed E-state index contributed by atoms with van der Waals surface area (Å²) in [5.74, 6) is -0.149. The third kappa shape index (κ3) is 6.13. The van der Waals surface area contributed by atoms with Gasteiger partial charge in [-0.25, -0.2) is 9.78 Å². The zero-order valence-electron chi connectivity index (χ0n) is 19.3. The fourth-order valence-corrected chi connectivity index (χ4v) is 3.73. The van der Waals surface area contributed by atoms with E-state index in [-0.39, 0.29) is 12.1 Å². The van der Waals surface area contributed by atoms with Crippen LogP contribution in [0.1, 0.15) is 67.9 Å². The van der Waals surface area contributed by atoms with E-state index >= 15 is 0 Å². The molecule has 1 aliphatic rings. The Labute approximate surface area is 193 Å². The van der Waals surface area contributed by atoms with Gasteiger partial charge in [-0.3, -0.25) is 4.79 Å². The SMILES string of the molecule is CC(C)(C)OC(=O)NCc1ccc2nc(CNC(=O)c3ccn(C4CCCCO4)c3)cn2c1. The number of amides is 2. The Bertz CT molecular complexity index is 1120. The van der Waals surface area contributed by atoms with Crippen molar-refractivity contribution >= 4 is 17.6 Å². The number of aromatic nitrogens is 3. The fourth-order valence-electron chi connectivity index (χ4n) is 3.73. The molecule has 4 heterocycles. The number of fused-ring (bicyclic) bond motifs is 1. The smallest absolute Gasteiger partial charge is 0.407 e. The minimum Gasteiger partial charge on any atom is -0.444 e. The number of pyridine rings is 1. The van der Waals surface area contributed by atoms with E-state index in [0.29, 0.717) is 18.7 Å². The molecule has 0 saturated carbocycles. The quantitative estimate of drug-likeness (QED) is 0.592. The van der Waals surface area contributed by atoms with Crippen LogP contribution in [0.15, 0.2) is 43.0 Å². The summed E-state index contributed by atoms with van der Waals surface area (Å²) in [6, 6.07) is 5.58. The fraction of sp³-hybridized carbons (Fsp3) is 0.458. The molecule has 9 heteroatoms. The molecule has 4 rings (SSSR count). The van der Waals surface area contributed by atoms with Crippen molar-refractivity contribution < 1.29 is 19.1 Å². The van der Waals surface area contributed by atoms with Crippen molar-refractivity contribution in [3.05, 3.63) is 59.8 Å². The maximum atomic E-state index is 12.6. The number of carbonyl (C=O) groups is 2. The van der Waals surface area contributed by atoms with Crippen molar-refractivity contribution in [1.29, 1.82) is 0 Å². The van der Waals surface area contributed by atoms with E-state index in [1.165, 1.54) is 0 Å². The van der Waals surface area contributed by atoms with E-state index in [9.17, 15) is 9.59 Å². The van der Waals surface area contributed by atoms with Gasteiger partial charge in [0.2, 0.25) is 0 Å². The number of imidazole rings is 1. The van der Waals surface area contributed by atoms with Gasteiger partial charge in [-0.05, 0) is 57.7 Å². The highest BCUT2D eigenvalue weighted by molar-refractivity contribution is 5.93. The molecule has 0 radical (unpaired) electrons. The zero-order valence-corrected chi connectivity index (χ0v) is 19.3. The zero-order chi connectivity index (χ0) is 23.4. The molecule has 1 atom stereocenters. The molecule has 1 saturated heterocycles. The van der Waals surface area contributed by atoms with Gasteiger partial charge in [0, 0.05) is 37.9 Å². The lowest BCUT2D eigenvalue weighted by atomic mass is 10.2. The summed E-state index contributed by atoms with van der Waals surface area (Å²) in [4.78, 5) is 29.0. The van der Waals surface area contributed by atoms with Crippen molar-refractivity contribution in [3.8, 4) is 0 Å². The number of alkyl carbamates (subject to hydrolysis) is 1. The minimum absolute atomic E-state index is 0.0118. The van der Waals surface area contributed by atoms with Gasteiger partial charge in [0.1, 0.15) is 17.5 Å². The standard InChI is InChI=1S/C24H31N5O4/c1-24(2,3)33-23(31)26-12-17-7-8-20-27-19(16-29(20)14-17)13-25-22(30)18-9-10-28(15-18)21-6-4-5-11-32-21/h7-10,14-16,21H,4-6,11-13H2,1-3H3,(H,25,30)(H,26,31). The van der Waals surface area contributed by atoms with Crippen LogP contribution in [0.3, 0.4) is 0 Å². The van der Waals surface area contributed by atoms with Crippen LogP contribution in [0.2, 0.25) is 0 Å². The molecule has 0 aliphatic carbocycles. The van der Waals surface area contributed by atoms with Crippen LogP contribution in [-0.4, -0.2) is 38.2 Å². The van der Waals surface area contributed by atoms with E-state index in [2.05, 4.69) is 15.6 Å². The van der Waals surface area contributed by atoms with E-state index in [4.69, 9.17) is 9.47 Å². The third-order valence-corrected chi connectivity index (χ3v) is 5.29. The molecule has 1 fully saturated rings. The molecule has 3 aromatic heterocycles. The lowest BCUT2D eigenvalue weighted by Crippen LogP contribution is -2.32. The topological polar surface area (TPSA) is 98.9 Å². The Kier molecular flexibility index (Phi) is 6.69. The summed E-state index contributed by atoms with van der Waals surface area (Å²) in [5, 5.41) is 5.67.